The van der Waals surface area contributed by atoms with Crippen molar-refractivity contribution >= 4 is 30.4 Å². The average molecular weight is 194 g/mol. The van der Waals surface area contributed by atoms with Crippen molar-refractivity contribution in [2.75, 3.05) is 23.9 Å². The Morgan fingerprint density at radius 1 is 1.64 bits per heavy atom. The molecule has 0 atom stereocenters. The largest absolute Gasteiger partial charge is 0.465 e. The first-order chi connectivity index (χ1) is 5.31. The summed E-state index contributed by atoms with van der Waals surface area (Å²) in [6, 6.07) is 0. The van der Waals surface area contributed by atoms with Gasteiger partial charge in [0.05, 0.1) is 6.42 Å². The molecule has 0 aromatic carbocycles. The summed E-state index contributed by atoms with van der Waals surface area (Å²) < 4.78 is 4.88. The first kappa shape index (κ1) is 11.2. The van der Waals surface area contributed by atoms with Crippen molar-refractivity contribution < 1.29 is 9.53 Å². The lowest BCUT2D eigenvalue weighted by atomic mass is 10.5. The molecule has 66 valence electrons. The second-order valence-corrected chi connectivity index (χ2v) is 3.73. The minimum absolute atomic E-state index is 0.142. The van der Waals surface area contributed by atoms with Gasteiger partial charge in [-0.05, 0) is 5.75 Å². The maximum Gasteiger partial charge on any atom is 0.306 e. The van der Waals surface area contributed by atoms with Gasteiger partial charge in [-0.2, -0.15) is 24.4 Å². The van der Waals surface area contributed by atoms with E-state index in [4.69, 9.17) is 4.74 Å². The Balaban J connectivity index is 3.04. The van der Waals surface area contributed by atoms with Crippen LogP contribution in [0.15, 0.2) is 0 Å². The van der Waals surface area contributed by atoms with Gasteiger partial charge in [0.2, 0.25) is 0 Å². The summed E-state index contributed by atoms with van der Waals surface area (Å²) in [4.78, 5) is 10.7. The smallest absolute Gasteiger partial charge is 0.306 e. The van der Waals surface area contributed by atoms with Crippen LogP contribution in [0.1, 0.15) is 13.3 Å². The molecule has 0 aromatic rings. The van der Waals surface area contributed by atoms with E-state index in [1.807, 2.05) is 0 Å². The number of hydrogen-bond acceptors (Lipinski definition) is 4. The molecule has 0 N–H and O–H groups in total. The molecule has 0 spiro atoms. The molecular formula is C7H14O2S2. The quantitative estimate of drug-likeness (QED) is 0.395. The highest BCUT2D eigenvalue weighted by molar-refractivity contribution is 7.99. The molecular weight excluding hydrogens is 180 g/mol. The van der Waals surface area contributed by atoms with Gasteiger partial charge in [0.25, 0.3) is 0 Å². The zero-order chi connectivity index (χ0) is 8.53. The highest BCUT2D eigenvalue weighted by Gasteiger charge is 1.98. The van der Waals surface area contributed by atoms with Crippen molar-refractivity contribution in [3.8, 4) is 0 Å². The predicted molar refractivity (Wildman–Crippen MR) is 52.4 cm³/mol. The van der Waals surface area contributed by atoms with Crippen LogP contribution in [0.25, 0.3) is 0 Å². The minimum atomic E-state index is -0.142. The van der Waals surface area contributed by atoms with Crippen molar-refractivity contribution in [1.29, 1.82) is 0 Å². The Labute approximate surface area is 77.5 Å². The lowest BCUT2D eigenvalue weighted by molar-refractivity contribution is -0.142. The van der Waals surface area contributed by atoms with E-state index in [2.05, 4.69) is 19.6 Å². The molecule has 0 saturated heterocycles. The zero-order valence-corrected chi connectivity index (χ0v) is 8.42. The number of thiol groups is 1. The number of ether oxygens (including phenoxy) is 1. The van der Waals surface area contributed by atoms with E-state index < -0.39 is 0 Å². The second-order valence-electron chi connectivity index (χ2n) is 1.89. The van der Waals surface area contributed by atoms with E-state index in [0.29, 0.717) is 18.8 Å². The maximum absolute atomic E-state index is 10.7. The molecule has 0 unspecified atom stereocenters. The predicted octanol–water partition coefficient (Wildman–Crippen LogP) is 1.60. The van der Waals surface area contributed by atoms with Crippen LogP contribution in [-0.4, -0.2) is 29.8 Å². The summed E-state index contributed by atoms with van der Waals surface area (Å²) in [5.41, 5.74) is 0. The third kappa shape index (κ3) is 8.07. The van der Waals surface area contributed by atoms with Gasteiger partial charge in [-0.25, -0.2) is 0 Å². The number of carbonyl (C=O) groups excluding carboxylic acids is 1. The molecule has 0 saturated carbocycles. The van der Waals surface area contributed by atoms with Gasteiger partial charge in [0.1, 0.15) is 6.61 Å². The van der Waals surface area contributed by atoms with Gasteiger partial charge in [0.15, 0.2) is 0 Å². The SMILES string of the molecule is CCSCCOC(=O)CCS. The number of thioether (sulfide) groups is 1. The minimum Gasteiger partial charge on any atom is -0.465 e. The number of carbonyl (C=O) groups is 1. The van der Waals surface area contributed by atoms with E-state index in [1.54, 1.807) is 11.8 Å². The van der Waals surface area contributed by atoms with Crippen LogP contribution in [0.2, 0.25) is 0 Å². The molecule has 0 aliphatic heterocycles. The van der Waals surface area contributed by atoms with Crippen LogP contribution in [0.3, 0.4) is 0 Å². The maximum atomic E-state index is 10.7. The lowest BCUT2D eigenvalue weighted by Crippen LogP contribution is -2.07. The van der Waals surface area contributed by atoms with Gasteiger partial charge >= 0.3 is 5.97 Å². The summed E-state index contributed by atoms with van der Waals surface area (Å²) >= 11 is 5.69. The summed E-state index contributed by atoms with van der Waals surface area (Å²) in [6.45, 7) is 2.62. The summed E-state index contributed by atoms with van der Waals surface area (Å²) in [5.74, 6) is 2.40. The molecule has 0 aliphatic rings. The number of hydrogen-bond donors (Lipinski definition) is 1. The van der Waals surface area contributed by atoms with Crippen molar-refractivity contribution in [3.05, 3.63) is 0 Å². The topological polar surface area (TPSA) is 26.3 Å². The molecule has 0 amide bonds. The Bertz CT molecular complexity index is 107. The fourth-order valence-electron chi connectivity index (χ4n) is 0.522. The lowest BCUT2D eigenvalue weighted by Gasteiger charge is -2.01. The third-order valence-electron chi connectivity index (χ3n) is 1.01. The fraction of sp³-hybridized carbons (Fsp3) is 0.857. The Morgan fingerprint density at radius 2 is 2.36 bits per heavy atom. The van der Waals surface area contributed by atoms with Gasteiger partial charge in [-0.3, -0.25) is 4.79 Å². The van der Waals surface area contributed by atoms with Crippen molar-refractivity contribution in [1.82, 2.24) is 0 Å². The molecule has 0 bridgehead atoms. The van der Waals surface area contributed by atoms with Crippen LogP contribution in [0.4, 0.5) is 0 Å². The third-order valence-corrected chi connectivity index (χ3v) is 2.10. The van der Waals surface area contributed by atoms with E-state index >= 15 is 0 Å². The molecule has 0 radical (unpaired) electrons. The Morgan fingerprint density at radius 3 is 2.91 bits per heavy atom. The molecule has 0 aliphatic carbocycles. The second kappa shape index (κ2) is 8.27. The molecule has 0 heterocycles. The van der Waals surface area contributed by atoms with Crippen LogP contribution in [0, 0.1) is 0 Å². The monoisotopic (exact) mass is 194 g/mol. The standard InChI is InChI=1S/C7H14O2S2/c1-2-11-6-4-9-7(8)3-5-10/h10H,2-6H2,1H3. The summed E-state index contributed by atoms with van der Waals surface area (Å²) in [7, 11) is 0. The van der Waals surface area contributed by atoms with E-state index in [1.165, 1.54) is 0 Å². The molecule has 0 aromatic heterocycles. The summed E-state index contributed by atoms with van der Waals surface area (Å²) in [5, 5.41) is 0. The Hall–Kier alpha value is 0.170. The van der Waals surface area contributed by atoms with Gasteiger partial charge in [-0.15, -0.1) is 0 Å². The number of esters is 1. The molecule has 2 nitrogen and oxygen atoms in total. The fourth-order valence-corrected chi connectivity index (χ4v) is 1.19. The first-order valence-corrected chi connectivity index (χ1v) is 5.44. The van der Waals surface area contributed by atoms with Crippen molar-refractivity contribution in [3.63, 3.8) is 0 Å². The molecule has 11 heavy (non-hydrogen) atoms. The highest BCUT2D eigenvalue weighted by Crippen LogP contribution is 1.98. The van der Waals surface area contributed by atoms with E-state index in [9.17, 15) is 4.79 Å². The number of rotatable bonds is 6. The average Bonchev–Trinajstić information content (AvgIpc) is 1.99. The molecule has 4 heteroatoms. The molecule has 0 fully saturated rings. The van der Waals surface area contributed by atoms with E-state index in [0.717, 1.165) is 11.5 Å². The summed E-state index contributed by atoms with van der Waals surface area (Å²) in [6.07, 6.45) is 0.417. The van der Waals surface area contributed by atoms with Crippen LogP contribution in [0.5, 0.6) is 0 Å². The highest BCUT2D eigenvalue weighted by atomic mass is 32.2. The van der Waals surface area contributed by atoms with E-state index in [-0.39, 0.29) is 5.97 Å². The van der Waals surface area contributed by atoms with Gasteiger partial charge in [-0.1, -0.05) is 6.92 Å². The normalized spacial score (nSPS) is 9.64. The van der Waals surface area contributed by atoms with Crippen LogP contribution >= 0.6 is 24.4 Å². The van der Waals surface area contributed by atoms with Crippen molar-refractivity contribution in [2.45, 2.75) is 13.3 Å². The molecule has 0 rings (SSSR count). The Kier molecular flexibility index (Phi) is 8.40. The van der Waals surface area contributed by atoms with Gasteiger partial charge in [0, 0.05) is 11.5 Å². The van der Waals surface area contributed by atoms with Crippen molar-refractivity contribution in [2.24, 2.45) is 0 Å². The first-order valence-electron chi connectivity index (χ1n) is 3.65. The van der Waals surface area contributed by atoms with Crippen LogP contribution in [-0.2, 0) is 9.53 Å². The zero-order valence-electron chi connectivity index (χ0n) is 6.71. The van der Waals surface area contributed by atoms with Gasteiger partial charge < -0.3 is 4.74 Å². The van der Waals surface area contributed by atoms with Crippen LogP contribution < -0.4 is 0 Å².